The summed E-state index contributed by atoms with van der Waals surface area (Å²) < 4.78 is 8.74. The van der Waals surface area contributed by atoms with Gasteiger partial charge in [0, 0.05) is 0 Å². The summed E-state index contributed by atoms with van der Waals surface area (Å²) in [6, 6.07) is 41.2. The maximum atomic E-state index is 7.32. The third-order valence-electron chi connectivity index (χ3n) is 6.16. The van der Waals surface area contributed by atoms with Crippen LogP contribution in [0.3, 0.4) is 0 Å². The molecule has 4 aromatic rings. The molecule has 158 valence electrons. The van der Waals surface area contributed by atoms with Crippen molar-refractivity contribution in [2.24, 2.45) is 0 Å². The molecule has 3 heteroatoms. The number of hydrogen-bond acceptors (Lipinski definition) is 1. The Labute approximate surface area is 198 Å². The van der Waals surface area contributed by atoms with Crippen molar-refractivity contribution in [2.75, 3.05) is 0 Å². The van der Waals surface area contributed by atoms with Crippen molar-refractivity contribution in [2.45, 2.75) is 17.3 Å². The quantitative estimate of drug-likeness (QED) is 0.348. The van der Waals surface area contributed by atoms with Crippen molar-refractivity contribution in [3.05, 3.63) is 139 Å². The summed E-state index contributed by atoms with van der Waals surface area (Å²) in [5.41, 5.74) is 5.00. The minimum absolute atomic E-state index is 0.137. The van der Waals surface area contributed by atoms with Crippen molar-refractivity contribution >= 4 is 38.1 Å². The van der Waals surface area contributed by atoms with Crippen molar-refractivity contribution in [3.63, 3.8) is 0 Å². The van der Waals surface area contributed by atoms with Gasteiger partial charge in [0.1, 0.15) is 0 Å². The molecule has 0 bridgehead atoms. The summed E-state index contributed by atoms with van der Waals surface area (Å²) in [6.45, 7) is 4.33. The summed E-state index contributed by atoms with van der Waals surface area (Å²) in [6.07, 6.45) is 1.09. The number of benzene rings is 4. The summed E-state index contributed by atoms with van der Waals surface area (Å²) in [4.78, 5) is 0.389. The third kappa shape index (κ3) is 4.05. The van der Waals surface area contributed by atoms with E-state index in [0.717, 1.165) is 6.42 Å². The molecule has 0 amide bonds. The van der Waals surface area contributed by atoms with Crippen LogP contribution in [0.2, 0.25) is 0 Å². The van der Waals surface area contributed by atoms with Crippen LogP contribution >= 0.6 is 0 Å². The van der Waals surface area contributed by atoms with Crippen LogP contribution in [-0.2, 0) is 10.8 Å². The molecular weight excluding hydrogens is 471 g/mol. The first-order valence-electron chi connectivity index (χ1n) is 11.0. The molecule has 5 rings (SSSR count). The molecule has 0 unspecified atom stereocenters. The molecule has 0 saturated heterocycles. The van der Waals surface area contributed by atoms with Crippen LogP contribution in [0.5, 0.6) is 0 Å². The topological polar surface area (TPSA) is 9.23 Å². The molecule has 0 fully saturated rings. The fraction of sp³-hybridized carbons (Fsp3) is 0.103. The molecule has 4 aromatic carbocycles. The molecule has 0 aromatic heterocycles. The van der Waals surface area contributed by atoms with Gasteiger partial charge in [0.2, 0.25) is 0 Å². The molecule has 0 aliphatic heterocycles. The van der Waals surface area contributed by atoms with Gasteiger partial charge in [-0.2, -0.15) is 0 Å². The monoisotopic (exact) mass is 498 g/mol. The molecule has 1 aliphatic carbocycles. The fourth-order valence-electron chi connectivity index (χ4n) is 4.61. The van der Waals surface area contributed by atoms with Crippen molar-refractivity contribution in [1.29, 1.82) is 0 Å². The van der Waals surface area contributed by atoms with E-state index in [2.05, 4.69) is 128 Å². The average molecular weight is 498 g/mol. The van der Waals surface area contributed by atoms with Gasteiger partial charge < -0.3 is 0 Å². The van der Waals surface area contributed by atoms with E-state index in [9.17, 15) is 0 Å². The zero-order valence-electron chi connectivity index (χ0n) is 17.9. The Kier molecular flexibility index (Phi) is 6.25. The molecule has 1 nitrogen and oxygen atoms in total. The maximum absolute atomic E-state index is 7.32. The van der Waals surface area contributed by atoms with Crippen LogP contribution in [0.4, 0.5) is 0 Å². The summed E-state index contributed by atoms with van der Waals surface area (Å²) in [5.74, 6) is 0. The van der Waals surface area contributed by atoms with Gasteiger partial charge in [-0.3, -0.25) is 0 Å². The molecule has 0 saturated carbocycles. The molecule has 0 heterocycles. The van der Waals surface area contributed by atoms with Crippen molar-refractivity contribution in [1.82, 2.24) is 0 Å². The van der Waals surface area contributed by atoms with E-state index >= 15 is 0 Å². The van der Waals surface area contributed by atoms with Crippen LogP contribution in [0.1, 0.15) is 15.9 Å². The van der Waals surface area contributed by atoms with Gasteiger partial charge in [-0.1, -0.05) is 0 Å². The van der Waals surface area contributed by atoms with Crippen LogP contribution < -0.4 is 14.8 Å². The van der Waals surface area contributed by atoms with Gasteiger partial charge in [0.05, 0.1) is 0 Å². The number of hydrogen-bond donors (Lipinski definition) is 0. The Morgan fingerprint density at radius 1 is 0.719 bits per heavy atom. The van der Waals surface area contributed by atoms with Gasteiger partial charge in [-0.15, -0.1) is 0 Å². The van der Waals surface area contributed by atoms with E-state index in [1.807, 2.05) is 0 Å². The summed E-state index contributed by atoms with van der Waals surface area (Å²) >= 11 is 0.285. The molecule has 1 aliphatic rings. The first-order valence-corrected chi connectivity index (χ1v) is 14.9. The van der Waals surface area contributed by atoms with E-state index in [4.69, 9.17) is 4.43 Å². The zero-order chi connectivity index (χ0) is 21.8. The zero-order valence-corrected chi connectivity index (χ0v) is 20.6. The normalized spacial score (nSPS) is 17.6. The second-order valence-electron chi connectivity index (χ2n) is 8.08. The fourth-order valence-corrected chi connectivity index (χ4v) is 10.7. The van der Waals surface area contributed by atoms with E-state index in [1.54, 1.807) is 0 Å². The van der Waals surface area contributed by atoms with Gasteiger partial charge in [-0.25, -0.2) is 0 Å². The van der Waals surface area contributed by atoms with E-state index in [0.29, 0.717) is 4.82 Å². The molecule has 2 atom stereocenters. The Bertz CT molecular complexity index is 1140. The summed E-state index contributed by atoms with van der Waals surface area (Å²) in [5, 5.41) is 2.51. The van der Waals surface area contributed by atoms with Crippen LogP contribution in [0.15, 0.2) is 128 Å². The predicted molar refractivity (Wildman–Crippen MR) is 138 cm³/mol. The number of fused-ring (bicyclic) bond motifs is 1. The summed E-state index contributed by atoms with van der Waals surface area (Å²) in [7, 11) is -2.61. The van der Waals surface area contributed by atoms with E-state index < -0.39 is 8.32 Å². The second-order valence-corrected chi connectivity index (χ2v) is 13.9. The van der Waals surface area contributed by atoms with Gasteiger partial charge in [-0.05, 0) is 0 Å². The van der Waals surface area contributed by atoms with Crippen molar-refractivity contribution < 1.29 is 4.43 Å². The van der Waals surface area contributed by atoms with E-state index in [-0.39, 0.29) is 21.1 Å². The Morgan fingerprint density at radius 3 is 1.84 bits per heavy atom. The standard InChI is InChI=1S/C29H26OSeSi/c1-2-32(25-17-8-4-9-18-25,26-19-10-5-11-20-26)30-28-22-23-14-12-13-21-27(23)29(28)31-24-15-6-3-7-16-24/h2-21,28-29H,1,22H2/t28-,29-/m1/s1. The molecule has 0 spiro atoms. The predicted octanol–water partition coefficient (Wildman–Crippen LogP) is 4.18. The van der Waals surface area contributed by atoms with Crippen LogP contribution in [0, 0.1) is 0 Å². The Morgan fingerprint density at radius 2 is 1.25 bits per heavy atom. The minimum atomic E-state index is -2.61. The average Bonchev–Trinajstić information content (AvgIpc) is 3.21. The first kappa shape index (κ1) is 21.2. The van der Waals surface area contributed by atoms with Crippen molar-refractivity contribution in [3.8, 4) is 0 Å². The molecular formula is C29H26OSeSi. The van der Waals surface area contributed by atoms with Crippen LogP contribution in [-0.4, -0.2) is 29.4 Å². The molecule has 0 N–H and O–H groups in total. The molecule has 32 heavy (non-hydrogen) atoms. The van der Waals surface area contributed by atoms with E-state index in [1.165, 1.54) is 26.0 Å². The van der Waals surface area contributed by atoms with Gasteiger partial charge in [0.15, 0.2) is 0 Å². The second kappa shape index (κ2) is 9.44. The molecule has 0 radical (unpaired) electrons. The van der Waals surface area contributed by atoms with Gasteiger partial charge in [0.25, 0.3) is 0 Å². The SMILES string of the molecule is C=C[Si](O[C@@H]1Cc2ccccc2[C@H]1[Se]c1ccccc1)(c1ccccc1)c1ccccc1. The first-order chi connectivity index (χ1) is 15.8. The van der Waals surface area contributed by atoms with Crippen LogP contribution in [0.25, 0.3) is 0 Å². The Balaban J connectivity index is 1.57. The Hall–Kier alpha value is -2.68. The van der Waals surface area contributed by atoms with Gasteiger partial charge >= 0.3 is 199 Å². The third-order valence-corrected chi connectivity index (χ3v) is 12.6. The number of rotatable bonds is 7.